The Morgan fingerprint density at radius 1 is 1.44 bits per heavy atom. The molecular weight excluding hydrogens is 242 g/mol. The van der Waals surface area contributed by atoms with Crippen molar-refractivity contribution >= 4 is 16.5 Å². The Hall–Kier alpha value is -1.42. The number of fused-ring (bicyclic) bond motifs is 3. The van der Waals surface area contributed by atoms with Crippen molar-refractivity contribution < 1.29 is 4.57 Å². The number of nitrogens with zero attached hydrogens (tertiary/aromatic N) is 2. The second-order valence-corrected chi connectivity index (χ2v) is 5.85. The van der Waals surface area contributed by atoms with Crippen molar-refractivity contribution in [2.45, 2.75) is 39.2 Å². The molecule has 3 rings (SSSR count). The molecule has 0 aliphatic heterocycles. The highest BCUT2D eigenvalue weighted by molar-refractivity contribution is 7.15. The van der Waals surface area contributed by atoms with E-state index in [1.807, 2.05) is 0 Å². The molecule has 3 nitrogen and oxygen atoms in total. The number of aryl methyl sites for hydroxylation is 2. The lowest BCUT2D eigenvalue weighted by Gasteiger charge is -2.05. The van der Waals surface area contributed by atoms with Crippen LogP contribution in [0, 0.1) is 0 Å². The first-order valence-electron chi connectivity index (χ1n) is 6.56. The highest BCUT2D eigenvalue weighted by atomic mass is 32.1. The summed E-state index contributed by atoms with van der Waals surface area (Å²) >= 11 is 1.64. The molecule has 2 heterocycles. The standard InChI is InChI=1S/C14H18N3S/c1-2-8-17-9-4-5-10-11(17)6-3-7-12-13(10)16-14(15)18-12/h4-5,9H,2-3,6-8H2,1H3,(H2,15,16)/q+1. The second kappa shape index (κ2) is 4.69. The maximum atomic E-state index is 5.86. The topological polar surface area (TPSA) is 42.8 Å². The summed E-state index contributed by atoms with van der Waals surface area (Å²) in [6.07, 6.45) is 6.77. The summed E-state index contributed by atoms with van der Waals surface area (Å²) in [4.78, 5) is 5.88. The minimum Gasteiger partial charge on any atom is -0.375 e. The van der Waals surface area contributed by atoms with Crippen LogP contribution in [0.3, 0.4) is 0 Å². The van der Waals surface area contributed by atoms with Crippen molar-refractivity contribution in [1.82, 2.24) is 4.98 Å². The van der Waals surface area contributed by atoms with Crippen molar-refractivity contribution in [3.05, 3.63) is 28.9 Å². The zero-order valence-electron chi connectivity index (χ0n) is 10.6. The number of aromatic nitrogens is 2. The van der Waals surface area contributed by atoms with Gasteiger partial charge in [0.15, 0.2) is 17.0 Å². The van der Waals surface area contributed by atoms with Gasteiger partial charge in [-0.25, -0.2) is 9.55 Å². The lowest BCUT2D eigenvalue weighted by Crippen LogP contribution is -2.38. The molecule has 0 unspecified atom stereocenters. The van der Waals surface area contributed by atoms with Gasteiger partial charge in [0.05, 0.1) is 11.3 Å². The molecule has 0 fully saturated rings. The zero-order valence-corrected chi connectivity index (χ0v) is 11.5. The Morgan fingerprint density at radius 3 is 3.17 bits per heavy atom. The van der Waals surface area contributed by atoms with Gasteiger partial charge in [0.1, 0.15) is 6.54 Å². The number of hydrogen-bond donors (Lipinski definition) is 1. The third-order valence-corrected chi connectivity index (χ3v) is 4.38. The lowest BCUT2D eigenvalue weighted by atomic mass is 10.1. The summed E-state index contributed by atoms with van der Waals surface area (Å²) in [5, 5.41) is 0.693. The van der Waals surface area contributed by atoms with Crippen molar-refractivity contribution in [2.75, 3.05) is 5.73 Å². The maximum absolute atomic E-state index is 5.86. The van der Waals surface area contributed by atoms with Gasteiger partial charge in [-0.3, -0.25) is 0 Å². The Balaban J connectivity index is 2.18. The molecule has 0 saturated carbocycles. The van der Waals surface area contributed by atoms with Gasteiger partial charge in [-0.15, -0.1) is 11.3 Å². The molecule has 18 heavy (non-hydrogen) atoms. The minimum absolute atomic E-state index is 0.693. The van der Waals surface area contributed by atoms with Gasteiger partial charge in [0.25, 0.3) is 0 Å². The molecule has 0 radical (unpaired) electrons. The molecule has 0 spiro atoms. The van der Waals surface area contributed by atoms with Crippen molar-refractivity contribution in [3.8, 4) is 11.3 Å². The summed E-state index contributed by atoms with van der Waals surface area (Å²) in [6, 6.07) is 4.31. The molecule has 0 atom stereocenters. The van der Waals surface area contributed by atoms with E-state index in [0.717, 1.165) is 31.5 Å². The predicted octanol–water partition coefficient (Wildman–Crippen LogP) is 2.58. The summed E-state index contributed by atoms with van der Waals surface area (Å²) in [5.41, 5.74) is 9.69. The van der Waals surface area contributed by atoms with E-state index in [1.165, 1.54) is 22.6 Å². The number of nitrogen functional groups attached to an aromatic ring is 1. The monoisotopic (exact) mass is 260 g/mol. The number of rotatable bonds is 2. The number of thiazole rings is 1. The van der Waals surface area contributed by atoms with E-state index < -0.39 is 0 Å². The van der Waals surface area contributed by atoms with Gasteiger partial charge in [-0.05, 0) is 18.9 Å². The van der Waals surface area contributed by atoms with E-state index >= 15 is 0 Å². The van der Waals surface area contributed by atoms with Crippen LogP contribution in [-0.2, 0) is 19.4 Å². The molecule has 2 N–H and O–H groups in total. The molecular formula is C14H18N3S+. The average Bonchev–Trinajstić information content (AvgIpc) is 2.64. The summed E-state index contributed by atoms with van der Waals surface area (Å²) in [5.74, 6) is 0. The number of pyridine rings is 1. The SMILES string of the molecule is CCC[n+]1cccc2c1CCCc1sc(N)nc1-2. The van der Waals surface area contributed by atoms with Crippen LogP contribution in [0.25, 0.3) is 11.3 Å². The highest BCUT2D eigenvalue weighted by Crippen LogP contribution is 2.34. The normalized spacial score (nSPS) is 13.8. The van der Waals surface area contributed by atoms with Crippen LogP contribution in [-0.4, -0.2) is 4.98 Å². The van der Waals surface area contributed by atoms with E-state index in [9.17, 15) is 0 Å². The van der Waals surface area contributed by atoms with Crippen LogP contribution in [0.1, 0.15) is 30.3 Å². The molecule has 4 heteroatoms. The fourth-order valence-electron chi connectivity index (χ4n) is 2.69. The molecule has 0 aromatic carbocycles. The van der Waals surface area contributed by atoms with Gasteiger partial charge < -0.3 is 5.73 Å². The van der Waals surface area contributed by atoms with Gasteiger partial charge in [-0.2, -0.15) is 0 Å². The van der Waals surface area contributed by atoms with Crippen molar-refractivity contribution in [3.63, 3.8) is 0 Å². The van der Waals surface area contributed by atoms with Crippen LogP contribution in [0.4, 0.5) is 5.13 Å². The van der Waals surface area contributed by atoms with Gasteiger partial charge in [0, 0.05) is 23.8 Å². The van der Waals surface area contributed by atoms with E-state index in [-0.39, 0.29) is 0 Å². The molecule has 94 valence electrons. The van der Waals surface area contributed by atoms with Gasteiger partial charge >= 0.3 is 0 Å². The zero-order chi connectivity index (χ0) is 12.5. The summed E-state index contributed by atoms with van der Waals surface area (Å²) in [7, 11) is 0. The summed E-state index contributed by atoms with van der Waals surface area (Å²) in [6.45, 7) is 3.30. The first-order chi connectivity index (χ1) is 8.79. The summed E-state index contributed by atoms with van der Waals surface area (Å²) < 4.78 is 2.37. The van der Waals surface area contributed by atoms with E-state index in [0.29, 0.717) is 5.13 Å². The van der Waals surface area contributed by atoms with Gasteiger partial charge in [0.2, 0.25) is 0 Å². The molecule has 1 aliphatic rings. The Kier molecular flexibility index (Phi) is 3.04. The van der Waals surface area contributed by atoms with Crippen LogP contribution in [0.15, 0.2) is 18.3 Å². The minimum atomic E-state index is 0.693. The van der Waals surface area contributed by atoms with Crippen LogP contribution in [0.5, 0.6) is 0 Å². The fraction of sp³-hybridized carbons (Fsp3) is 0.429. The third-order valence-electron chi connectivity index (χ3n) is 3.44. The average molecular weight is 260 g/mol. The second-order valence-electron chi connectivity index (χ2n) is 4.74. The Labute approximate surface area is 111 Å². The molecule has 0 amide bonds. The number of nitrogens with two attached hydrogens (primary N) is 1. The smallest absolute Gasteiger partial charge is 0.190 e. The maximum Gasteiger partial charge on any atom is 0.190 e. The lowest BCUT2D eigenvalue weighted by molar-refractivity contribution is -0.703. The molecule has 0 saturated heterocycles. The van der Waals surface area contributed by atoms with Crippen LogP contribution < -0.4 is 10.3 Å². The van der Waals surface area contributed by atoms with E-state index in [1.54, 1.807) is 11.3 Å². The van der Waals surface area contributed by atoms with E-state index in [2.05, 4.69) is 34.8 Å². The van der Waals surface area contributed by atoms with Crippen molar-refractivity contribution in [2.24, 2.45) is 0 Å². The number of hydrogen-bond acceptors (Lipinski definition) is 3. The number of anilines is 1. The molecule has 2 aromatic rings. The molecule has 0 bridgehead atoms. The van der Waals surface area contributed by atoms with Crippen molar-refractivity contribution in [1.29, 1.82) is 0 Å². The van der Waals surface area contributed by atoms with Crippen LogP contribution in [0.2, 0.25) is 0 Å². The molecule has 1 aliphatic carbocycles. The van der Waals surface area contributed by atoms with Gasteiger partial charge in [-0.1, -0.05) is 6.92 Å². The Bertz CT molecular complexity index is 574. The largest absolute Gasteiger partial charge is 0.375 e. The first-order valence-corrected chi connectivity index (χ1v) is 7.38. The predicted molar refractivity (Wildman–Crippen MR) is 74.5 cm³/mol. The fourth-order valence-corrected chi connectivity index (χ4v) is 3.58. The Morgan fingerprint density at radius 2 is 2.33 bits per heavy atom. The quantitative estimate of drug-likeness (QED) is 0.843. The first kappa shape index (κ1) is 11.7. The third kappa shape index (κ3) is 1.90. The van der Waals surface area contributed by atoms with E-state index in [4.69, 9.17) is 5.73 Å². The van der Waals surface area contributed by atoms with Crippen LogP contribution >= 0.6 is 11.3 Å². The highest BCUT2D eigenvalue weighted by Gasteiger charge is 2.24. The molecule has 2 aromatic heterocycles.